The van der Waals surface area contributed by atoms with Crippen molar-refractivity contribution in [2.24, 2.45) is 0 Å². The van der Waals surface area contributed by atoms with Crippen LogP contribution in [0.4, 0.5) is 0 Å². The molecule has 126 valence electrons. The van der Waals surface area contributed by atoms with E-state index < -0.39 is 5.91 Å². The lowest BCUT2D eigenvalue weighted by Gasteiger charge is -2.24. The van der Waals surface area contributed by atoms with Gasteiger partial charge in [-0.25, -0.2) is 0 Å². The molecular formula is C18H20N2O4. The Morgan fingerprint density at radius 3 is 2.92 bits per heavy atom. The van der Waals surface area contributed by atoms with E-state index in [1.165, 1.54) is 0 Å². The fraction of sp³-hybridized carbons (Fsp3) is 0.333. The number of para-hydroxylation sites is 1. The zero-order chi connectivity index (χ0) is 17.5. The van der Waals surface area contributed by atoms with Gasteiger partial charge in [0.15, 0.2) is 11.5 Å². The van der Waals surface area contributed by atoms with Gasteiger partial charge in [-0.05, 0) is 30.7 Å². The summed E-state index contributed by atoms with van der Waals surface area (Å²) in [7, 11) is 3.13. The van der Waals surface area contributed by atoms with Crippen LogP contribution >= 0.6 is 0 Å². The molecule has 0 saturated carbocycles. The first kappa shape index (κ1) is 17.6. The molecule has 0 aromatic heterocycles. The molecular weight excluding hydrogens is 308 g/mol. The molecule has 0 bridgehead atoms. The predicted molar refractivity (Wildman–Crippen MR) is 89.6 cm³/mol. The van der Waals surface area contributed by atoms with Gasteiger partial charge in [0.25, 0.3) is 5.91 Å². The molecule has 0 fully saturated rings. The van der Waals surface area contributed by atoms with Crippen molar-refractivity contribution < 1.29 is 19.0 Å². The predicted octanol–water partition coefficient (Wildman–Crippen LogP) is 2.07. The smallest absolute Gasteiger partial charge is 0.262 e. The van der Waals surface area contributed by atoms with E-state index in [0.717, 1.165) is 11.1 Å². The van der Waals surface area contributed by atoms with Crippen molar-refractivity contribution in [1.82, 2.24) is 5.32 Å². The maximum absolute atomic E-state index is 12.0. The Hall–Kier alpha value is -2.78. The van der Waals surface area contributed by atoms with Crippen LogP contribution in [-0.4, -0.2) is 39.4 Å². The van der Waals surface area contributed by atoms with E-state index in [4.69, 9.17) is 14.2 Å². The molecule has 6 heteroatoms. The fourth-order valence-corrected chi connectivity index (χ4v) is 2.31. The van der Waals surface area contributed by atoms with Crippen molar-refractivity contribution in [3.63, 3.8) is 0 Å². The molecule has 1 N–H and O–H groups in total. The van der Waals surface area contributed by atoms with Crippen LogP contribution in [0.1, 0.15) is 12.5 Å². The Morgan fingerprint density at radius 2 is 2.25 bits per heavy atom. The molecule has 1 aromatic carbocycles. The minimum Gasteiger partial charge on any atom is -0.493 e. The van der Waals surface area contributed by atoms with E-state index >= 15 is 0 Å². The van der Waals surface area contributed by atoms with Gasteiger partial charge >= 0.3 is 0 Å². The maximum Gasteiger partial charge on any atom is 0.262 e. The Bertz CT molecular complexity index is 716. The number of nitrogens with zero attached hydrogens (tertiary/aromatic N) is 1. The second-order valence-electron chi connectivity index (χ2n) is 5.20. The molecule has 1 unspecified atom stereocenters. The Morgan fingerprint density at radius 1 is 1.46 bits per heavy atom. The van der Waals surface area contributed by atoms with Gasteiger partial charge in [-0.15, -0.1) is 0 Å². The van der Waals surface area contributed by atoms with Gasteiger partial charge in [-0.1, -0.05) is 12.1 Å². The number of ether oxygens (including phenoxy) is 3. The highest BCUT2D eigenvalue weighted by Gasteiger charge is 2.22. The summed E-state index contributed by atoms with van der Waals surface area (Å²) in [5.74, 6) is 0.878. The number of benzene rings is 1. The third-order valence-electron chi connectivity index (χ3n) is 3.58. The molecule has 2 rings (SSSR count). The number of fused-ring (bicyclic) bond motifs is 1. The minimum absolute atomic E-state index is 0.0270. The van der Waals surface area contributed by atoms with Crippen LogP contribution in [0.15, 0.2) is 35.4 Å². The average molecular weight is 328 g/mol. The average Bonchev–Trinajstić information content (AvgIpc) is 2.59. The molecule has 1 aliphatic rings. The van der Waals surface area contributed by atoms with Crippen molar-refractivity contribution in [3.05, 3.63) is 41.0 Å². The third-order valence-corrected chi connectivity index (χ3v) is 3.58. The molecule has 24 heavy (non-hydrogen) atoms. The topological polar surface area (TPSA) is 80.6 Å². The number of methoxy groups -OCH3 is 2. The normalized spacial score (nSPS) is 16.3. The zero-order valence-corrected chi connectivity index (χ0v) is 14.0. The van der Waals surface area contributed by atoms with Gasteiger partial charge in [0.2, 0.25) is 0 Å². The van der Waals surface area contributed by atoms with Crippen LogP contribution in [0.2, 0.25) is 0 Å². The summed E-state index contributed by atoms with van der Waals surface area (Å²) in [6.45, 7) is 2.59. The zero-order valence-electron chi connectivity index (χ0n) is 14.0. The molecule has 1 amide bonds. The van der Waals surface area contributed by atoms with Gasteiger partial charge in [-0.3, -0.25) is 4.79 Å². The largest absolute Gasteiger partial charge is 0.493 e. The van der Waals surface area contributed by atoms with Crippen molar-refractivity contribution in [2.45, 2.75) is 13.0 Å². The highest BCUT2D eigenvalue weighted by atomic mass is 16.5. The molecule has 6 nitrogen and oxygen atoms in total. The highest BCUT2D eigenvalue weighted by Crippen LogP contribution is 2.38. The van der Waals surface area contributed by atoms with Crippen LogP contribution < -0.4 is 14.8 Å². The van der Waals surface area contributed by atoms with Crippen molar-refractivity contribution in [3.8, 4) is 17.6 Å². The molecule has 0 aliphatic carbocycles. The van der Waals surface area contributed by atoms with Crippen molar-refractivity contribution in [1.29, 1.82) is 5.26 Å². The first-order chi connectivity index (χ1) is 11.6. The Labute approximate surface area is 141 Å². The minimum atomic E-state index is -0.431. The fourth-order valence-electron chi connectivity index (χ4n) is 2.31. The monoisotopic (exact) mass is 328 g/mol. The van der Waals surface area contributed by atoms with E-state index in [1.807, 2.05) is 37.3 Å². The summed E-state index contributed by atoms with van der Waals surface area (Å²) < 4.78 is 16.1. The van der Waals surface area contributed by atoms with E-state index in [1.54, 1.807) is 20.3 Å². The van der Waals surface area contributed by atoms with E-state index in [9.17, 15) is 10.1 Å². The van der Waals surface area contributed by atoms with Crippen LogP contribution in [0.25, 0.3) is 6.08 Å². The number of nitriles is 1. The van der Waals surface area contributed by atoms with Gasteiger partial charge in [0.05, 0.1) is 13.7 Å². The van der Waals surface area contributed by atoms with Crippen molar-refractivity contribution in [2.75, 3.05) is 27.4 Å². The number of amides is 1. The van der Waals surface area contributed by atoms with Gasteiger partial charge in [-0.2, -0.15) is 5.26 Å². The SMILES string of the molecule is COCCNC(=O)C(C#N)=CC1=Cc2cccc(OC)c2OC1C. The van der Waals surface area contributed by atoms with Crippen LogP contribution in [0.5, 0.6) is 11.5 Å². The molecule has 1 heterocycles. The van der Waals surface area contributed by atoms with Crippen molar-refractivity contribution >= 4 is 12.0 Å². The molecule has 1 aromatic rings. The van der Waals surface area contributed by atoms with Gasteiger partial charge in [0.1, 0.15) is 17.7 Å². The summed E-state index contributed by atoms with van der Waals surface area (Å²) in [4.78, 5) is 12.0. The summed E-state index contributed by atoms with van der Waals surface area (Å²) in [6.07, 6.45) is 3.14. The van der Waals surface area contributed by atoms with E-state index in [0.29, 0.717) is 24.7 Å². The molecule has 0 saturated heterocycles. The lowest BCUT2D eigenvalue weighted by molar-refractivity contribution is -0.117. The molecule has 1 atom stereocenters. The molecule has 0 radical (unpaired) electrons. The lowest BCUT2D eigenvalue weighted by atomic mass is 10.00. The number of hydrogen-bond acceptors (Lipinski definition) is 5. The van der Waals surface area contributed by atoms with E-state index in [2.05, 4.69) is 5.32 Å². The quantitative estimate of drug-likeness (QED) is 0.491. The second kappa shape index (κ2) is 8.18. The molecule has 0 spiro atoms. The number of carbonyl (C=O) groups is 1. The standard InChI is InChI=1S/C18H20N2O4/c1-12-14(10-15(11-19)18(21)20-7-8-22-2)9-13-5-4-6-16(23-3)17(13)24-12/h4-6,9-10,12H,7-8H2,1-3H3,(H,20,21). The van der Waals surface area contributed by atoms with Crippen LogP contribution in [-0.2, 0) is 9.53 Å². The summed E-state index contributed by atoms with van der Waals surface area (Å²) in [6, 6.07) is 7.50. The lowest BCUT2D eigenvalue weighted by Crippen LogP contribution is -2.28. The third kappa shape index (κ3) is 3.94. The van der Waals surface area contributed by atoms with Gasteiger partial charge < -0.3 is 19.5 Å². The Balaban J connectivity index is 2.28. The first-order valence-corrected chi connectivity index (χ1v) is 7.55. The van der Waals surface area contributed by atoms with Crippen LogP contribution in [0, 0.1) is 11.3 Å². The number of carbonyl (C=O) groups excluding carboxylic acids is 1. The van der Waals surface area contributed by atoms with Gasteiger partial charge in [0, 0.05) is 19.2 Å². The highest BCUT2D eigenvalue weighted by molar-refractivity contribution is 5.98. The number of hydrogen-bond donors (Lipinski definition) is 1. The summed E-state index contributed by atoms with van der Waals surface area (Å²) in [5, 5.41) is 11.9. The maximum atomic E-state index is 12.0. The second-order valence-corrected chi connectivity index (χ2v) is 5.20. The number of nitrogens with one attached hydrogen (secondary N) is 1. The summed E-state index contributed by atoms with van der Waals surface area (Å²) in [5.41, 5.74) is 1.61. The summed E-state index contributed by atoms with van der Waals surface area (Å²) >= 11 is 0. The first-order valence-electron chi connectivity index (χ1n) is 7.55. The number of rotatable bonds is 6. The van der Waals surface area contributed by atoms with Crippen LogP contribution in [0.3, 0.4) is 0 Å². The molecule has 1 aliphatic heterocycles. The van der Waals surface area contributed by atoms with E-state index in [-0.39, 0.29) is 11.7 Å². The Kier molecular flexibility index (Phi) is 5.99.